The van der Waals surface area contributed by atoms with Crippen LogP contribution in [-0.4, -0.2) is 40.0 Å². The summed E-state index contributed by atoms with van der Waals surface area (Å²) in [6.07, 6.45) is 15.5. The Hall–Kier alpha value is -3.68. The van der Waals surface area contributed by atoms with Crippen molar-refractivity contribution < 1.29 is 14.7 Å². The SMILES string of the molecule is CCNc1ccc(C(=O)C2C(=O)C=CC3=C2CCc2c3ccc3c(C4(N5C=CSC5C[O])CCCCCC4)cccc23)cn1. The van der Waals surface area contributed by atoms with Crippen LogP contribution in [0.4, 0.5) is 5.82 Å². The van der Waals surface area contributed by atoms with Crippen LogP contribution in [0.5, 0.6) is 0 Å². The summed E-state index contributed by atoms with van der Waals surface area (Å²) >= 11 is 1.65. The van der Waals surface area contributed by atoms with Crippen LogP contribution in [0.2, 0.25) is 0 Å². The monoisotopic (exact) mass is 604 g/mol. The Morgan fingerprint density at radius 1 is 1.02 bits per heavy atom. The van der Waals surface area contributed by atoms with Gasteiger partial charge in [0.15, 0.2) is 11.6 Å². The lowest BCUT2D eigenvalue weighted by Crippen LogP contribution is -2.47. The molecule has 0 spiro atoms. The third-order valence-corrected chi connectivity index (χ3v) is 11.0. The number of nitrogens with one attached hydrogen (secondary N) is 1. The molecule has 3 aliphatic carbocycles. The number of carbonyl (C=O) groups excluding carboxylic acids is 2. The lowest BCUT2D eigenvalue weighted by Gasteiger charge is -2.45. The van der Waals surface area contributed by atoms with E-state index in [0.29, 0.717) is 17.8 Å². The predicted molar refractivity (Wildman–Crippen MR) is 177 cm³/mol. The zero-order chi connectivity index (χ0) is 30.3. The van der Waals surface area contributed by atoms with Crippen molar-refractivity contribution in [2.75, 3.05) is 18.5 Å². The first-order valence-corrected chi connectivity index (χ1v) is 16.9. The van der Waals surface area contributed by atoms with Crippen LogP contribution in [0, 0.1) is 5.92 Å². The highest BCUT2D eigenvalue weighted by molar-refractivity contribution is 8.02. The number of thioether (sulfide) groups is 1. The molecule has 0 bridgehead atoms. The molecule has 44 heavy (non-hydrogen) atoms. The van der Waals surface area contributed by atoms with Gasteiger partial charge in [-0.05, 0) is 94.8 Å². The standard InChI is InChI=1S/C37H38N3O3S/c1-2-38-33-17-10-24(22-39-33)36(43)35-30-14-12-26-25-8-7-9-31(29(25)13-11-27(26)28(30)15-16-32(35)42)37(18-5-3-4-6-19-37)40-20-21-44-34(40)23-41/h7-11,13,15-17,20-22,34-35H,2-6,12,14,18-19,23H2,1H3,(H,38,39). The Balaban J connectivity index is 1.31. The maximum atomic E-state index is 13.7. The van der Waals surface area contributed by atoms with Crippen molar-refractivity contribution in [2.24, 2.45) is 5.92 Å². The summed E-state index contributed by atoms with van der Waals surface area (Å²) in [4.78, 5) is 33.7. The smallest absolute Gasteiger partial charge is 0.179 e. The number of allylic oxidation sites excluding steroid dienone is 4. The molecule has 225 valence electrons. The topological polar surface area (TPSA) is 82.2 Å². The number of ketones is 2. The average molecular weight is 605 g/mol. The second-order valence-electron chi connectivity index (χ2n) is 12.3. The van der Waals surface area contributed by atoms with Gasteiger partial charge < -0.3 is 10.2 Å². The molecule has 7 heteroatoms. The number of hydrogen-bond acceptors (Lipinski definition) is 6. The zero-order valence-electron chi connectivity index (χ0n) is 25.2. The van der Waals surface area contributed by atoms with Gasteiger partial charge in [0, 0.05) is 24.5 Å². The maximum Gasteiger partial charge on any atom is 0.179 e. The molecule has 1 aromatic heterocycles. The summed E-state index contributed by atoms with van der Waals surface area (Å²) in [5.74, 6) is -0.440. The highest BCUT2D eigenvalue weighted by Crippen LogP contribution is 2.50. The number of Topliss-reactive ketones (excluding diaryl/α,β-unsaturated/α-hetero) is 1. The van der Waals surface area contributed by atoms with Crippen LogP contribution in [0.25, 0.3) is 16.3 Å². The molecule has 2 unspecified atom stereocenters. The van der Waals surface area contributed by atoms with Crippen molar-refractivity contribution in [1.29, 1.82) is 0 Å². The molecule has 1 N–H and O–H groups in total. The number of fused-ring (bicyclic) bond motifs is 4. The van der Waals surface area contributed by atoms with E-state index in [2.05, 4.69) is 57.1 Å². The van der Waals surface area contributed by atoms with Crippen LogP contribution in [0.15, 0.2) is 78.0 Å². The summed E-state index contributed by atoms with van der Waals surface area (Å²) in [5.41, 5.74) is 5.88. The number of aryl methyl sites for hydroxylation is 1. The Morgan fingerprint density at radius 2 is 1.86 bits per heavy atom. The molecule has 0 saturated heterocycles. The van der Waals surface area contributed by atoms with Gasteiger partial charge in [-0.2, -0.15) is 0 Å². The number of rotatable bonds is 7. The van der Waals surface area contributed by atoms with E-state index in [1.807, 2.05) is 13.0 Å². The molecule has 7 rings (SSSR count). The molecule has 1 saturated carbocycles. The molecule has 2 atom stereocenters. The number of benzene rings is 2. The van der Waals surface area contributed by atoms with E-state index in [0.717, 1.165) is 55.4 Å². The normalized spacial score (nSPS) is 22.6. The fraction of sp³-hybridized carbons (Fsp3) is 0.378. The molecule has 2 heterocycles. The van der Waals surface area contributed by atoms with Crippen molar-refractivity contribution in [3.05, 3.63) is 100 Å². The molecular weight excluding hydrogens is 566 g/mol. The van der Waals surface area contributed by atoms with Gasteiger partial charge in [0.25, 0.3) is 0 Å². The Bertz CT molecular complexity index is 1700. The summed E-state index contributed by atoms with van der Waals surface area (Å²) in [6.45, 7) is 2.61. The van der Waals surface area contributed by atoms with Gasteiger partial charge in [-0.15, -0.1) is 11.8 Å². The van der Waals surface area contributed by atoms with E-state index in [1.165, 1.54) is 34.7 Å². The number of pyridine rings is 1. The predicted octanol–water partition coefficient (Wildman–Crippen LogP) is 7.83. The first-order valence-electron chi connectivity index (χ1n) is 16.0. The summed E-state index contributed by atoms with van der Waals surface area (Å²) in [5, 5.41) is 20.0. The highest BCUT2D eigenvalue weighted by Gasteiger charge is 2.43. The molecule has 4 aliphatic rings. The number of aromatic nitrogens is 1. The van der Waals surface area contributed by atoms with Crippen LogP contribution in [-0.2, 0) is 21.9 Å². The van der Waals surface area contributed by atoms with Crippen molar-refractivity contribution in [1.82, 2.24) is 9.88 Å². The van der Waals surface area contributed by atoms with Gasteiger partial charge in [-0.1, -0.05) is 62.1 Å². The minimum Gasteiger partial charge on any atom is -0.370 e. The van der Waals surface area contributed by atoms with Crippen molar-refractivity contribution in [2.45, 2.75) is 69.2 Å². The quantitative estimate of drug-likeness (QED) is 0.168. The number of hydrogen-bond donors (Lipinski definition) is 1. The molecule has 1 aliphatic heterocycles. The lowest BCUT2D eigenvalue weighted by molar-refractivity contribution is -0.116. The second-order valence-corrected chi connectivity index (χ2v) is 13.4. The van der Waals surface area contributed by atoms with Gasteiger partial charge in [-0.25, -0.2) is 10.1 Å². The van der Waals surface area contributed by atoms with Gasteiger partial charge in [0.05, 0.1) is 5.54 Å². The Labute approximate surface area is 263 Å². The maximum absolute atomic E-state index is 13.7. The van der Waals surface area contributed by atoms with Crippen LogP contribution < -0.4 is 5.32 Å². The number of nitrogens with zero attached hydrogens (tertiary/aromatic N) is 2. The fourth-order valence-corrected chi connectivity index (χ4v) is 8.86. The first kappa shape index (κ1) is 29.1. The van der Waals surface area contributed by atoms with Gasteiger partial charge in [0.2, 0.25) is 0 Å². The minimum absolute atomic E-state index is 0.0811. The van der Waals surface area contributed by atoms with Crippen LogP contribution >= 0.6 is 11.8 Å². The van der Waals surface area contributed by atoms with Crippen molar-refractivity contribution in [3.8, 4) is 0 Å². The fourth-order valence-electron chi connectivity index (χ4n) is 8.00. The van der Waals surface area contributed by atoms with E-state index < -0.39 is 5.92 Å². The molecular formula is C37H38N3O3S. The van der Waals surface area contributed by atoms with E-state index in [-0.39, 0.29) is 29.1 Å². The Morgan fingerprint density at radius 3 is 2.61 bits per heavy atom. The molecule has 1 fully saturated rings. The molecule has 0 amide bonds. The van der Waals surface area contributed by atoms with E-state index in [4.69, 9.17) is 0 Å². The third kappa shape index (κ3) is 4.81. The van der Waals surface area contributed by atoms with Crippen molar-refractivity contribution >= 4 is 45.5 Å². The second kappa shape index (κ2) is 12.0. The van der Waals surface area contributed by atoms with E-state index >= 15 is 0 Å². The summed E-state index contributed by atoms with van der Waals surface area (Å²) in [7, 11) is 0. The molecule has 1 radical (unpaired) electrons. The average Bonchev–Trinajstić information content (AvgIpc) is 3.41. The van der Waals surface area contributed by atoms with E-state index in [9.17, 15) is 14.7 Å². The number of anilines is 1. The Kier molecular flexibility index (Phi) is 7.93. The molecule has 6 nitrogen and oxygen atoms in total. The van der Waals surface area contributed by atoms with Gasteiger partial charge >= 0.3 is 0 Å². The largest absolute Gasteiger partial charge is 0.370 e. The van der Waals surface area contributed by atoms with E-state index in [1.54, 1.807) is 36.2 Å². The summed E-state index contributed by atoms with van der Waals surface area (Å²) < 4.78 is 0. The summed E-state index contributed by atoms with van der Waals surface area (Å²) in [6, 6.07) is 14.7. The van der Waals surface area contributed by atoms with Crippen LogP contribution in [0.1, 0.15) is 78.9 Å². The lowest BCUT2D eigenvalue weighted by atomic mass is 9.72. The first-order chi connectivity index (χ1) is 21.6. The van der Waals surface area contributed by atoms with Gasteiger partial charge in [-0.3, -0.25) is 9.59 Å². The van der Waals surface area contributed by atoms with Crippen molar-refractivity contribution in [3.63, 3.8) is 0 Å². The molecule has 3 aromatic rings. The molecule has 2 aromatic carbocycles. The van der Waals surface area contributed by atoms with Crippen LogP contribution in [0.3, 0.4) is 0 Å². The van der Waals surface area contributed by atoms with Gasteiger partial charge in [0.1, 0.15) is 23.7 Å². The number of carbonyl (C=O) groups is 2. The third-order valence-electron chi connectivity index (χ3n) is 10.0. The zero-order valence-corrected chi connectivity index (χ0v) is 26.0. The minimum atomic E-state index is -0.810. The highest BCUT2D eigenvalue weighted by atomic mass is 32.2.